The Morgan fingerprint density at radius 1 is 1.30 bits per heavy atom. The summed E-state index contributed by atoms with van der Waals surface area (Å²) < 4.78 is 0. The van der Waals surface area contributed by atoms with Crippen molar-refractivity contribution >= 4 is 12.0 Å². The first-order valence-electron chi connectivity index (χ1n) is 7.58. The molecule has 2 N–H and O–H groups in total. The number of nitrogens with zero attached hydrogens (tertiary/aromatic N) is 1. The van der Waals surface area contributed by atoms with Crippen molar-refractivity contribution in [1.29, 1.82) is 0 Å². The number of likely N-dealkylation sites (tertiary alicyclic amines) is 1. The van der Waals surface area contributed by atoms with E-state index in [1.807, 2.05) is 6.92 Å². The molecule has 0 aromatic carbocycles. The smallest absolute Gasteiger partial charge is 0.317 e. The predicted molar refractivity (Wildman–Crippen MR) is 76.5 cm³/mol. The number of hydrogen-bond acceptors (Lipinski definition) is 2. The molecule has 2 aliphatic rings. The molecule has 1 saturated heterocycles. The number of aliphatic carboxylic acids is 1. The molecule has 5 heteroatoms. The highest BCUT2D eigenvalue weighted by Crippen LogP contribution is 2.37. The summed E-state index contributed by atoms with van der Waals surface area (Å²) in [6.45, 7) is 6.95. The minimum atomic E-state index is -0.741. The molecular weight excluding hydrogens is 256 g/mol. The van der Waals surface area contributed by atoms with Crippen LogP contribution in [0.3, 0.4) is 0 Å². The second-order valence-electron chi connectivity index (χ2n) is 7.16. The van der Waals surface area contributed by atoms with Crippen molar-refractivity contribution in [3.63, 3.8) is 0 Å². The van der Waals surface area contributed by atoms with Crippen LogP contribution in [0.2, 0.25) is 0 Å². The van der Waals surface area contributed by atoms with E-state index in [0.717, 1.165) is 19.3 Å². The standard InChI is InChI=1S/C15H26N2O3/c1-10-8-11(13(18)19)5-7-17(10)14(20)16-12-4-6-15(2,3)9-12/h10-12H,4-9H2,1-3H3,(H,16,20)(H,18,19). The molecule has 1 heterocycles. The maximum atomic E-state index is 12.3. The summed E-state index contributed by atoms with van der Waals surface area (Å²) in [5.74, 6) is -1.05. The fourth-order valence-electron chi connectivity index (χ4n) is 3.52. The summed E-state index contributed by atoms with van der Waals surface area (Å²) in [6.07, 6.45) is 4.33. The number of nitrogens with one attached hydrogen (secondary N) is 1. The molecule has 1 saturated carbocycles. The third kappa shape index (κ3) is 3.44. The van der Waals surface area contributed by atoms with Crippen LogP contribution < -0.4 is 5.32 Å². The lowest BCUT2D eigenvalue weighted by Gasteiger charge is -2.37. The first-order chi connectivity index (χ1) is 9.28. The highest BCUT2D eigenvalue weighted by molar-refractivity contribution is 5.76. The van der Waals surface area contributed by atoms with Gasteiger partial charge >= 0.3 is 12.0 Å². The normalized spacial score (nSPS) is 33.0. The molecule has 2 rings (SSSR count). The molecule has 3 atom stereocenters. The van der Waals surface area contributed by atoms with Crippen LogP contribution >= 0.6 is 0 Å². The summed E-state index contributed by atoms with van der Waals surface area (Å²) in [5, 5.41) is 12.2. The van der Waals surface area contributed by atoms with E-state index < -0.39 is 5.97 Å². The molecule has 2 amide bonds. The Bertz CT molecular complexity index is 395. The van der Waals surface area contributed by atoms with Crippen molar-refractivity contribution in [2.45, 2.75) is 65.0 Å². The van der Waals surface area contributed by atoms with Gasteiger partial charge in [-0.3, -0.25) is 4.79 Å². The number of carboxylic acid groups (broad SMARTS) is 1. The fraction of sp³-hybridized carbons (Fsp3) is 0.867. The fourth-order valence-corrected chi connectivity index (χ4v) is 3.52. The third-order valence-corrected chi connectivity index (χ3v) is 4.78. The van der Waals surface area contributed by atoms with Gasteiger partial charge in [0.15, 0.2) is 0 Å². The zero-order valence-corrected chi connectivity index (χ0v) is 12.7. The largest absolute Gasteiger partial charge is 0.481 e. The molecule has 1 aliphatic carbocycles. The van der Waals surface area contributed by atoms with E-state index in [4.69, 9.17) is 5.11 Å². The van der Waals surface area contributed by atoms with E-state index in [1.54, 1.807) is 4.90 Å². The molecule has 2 fully saturated rings. The summed E-state index contributed by atoms with van der Waals surface area (Å²) >= 11 is 0. The minimum Gasteiger partial charge on any atom is -0.481 e. The Labute approximate surface area is 120 Å². The Balaban J connectivity index is 1.86. The lowest BCUT2D eigenvalue weighted by atomic mass is 9.91. The van der Waals surface area contributed by atoms with Gasteiger partial charge in [-0.2, -0.15) is 0 Å². The highest BCUT2D eigenvalue weighted by atomic mass is 16.4. The number of carbonyl (C=O) groups excluding carboxylic acids is 1. The van der Waals surface area contributed by atoms with Crippen LogP contribution in [0.4, 0.5) is 4.79 Å². The SMILES string of the molecule is CC1CC(C(=O)O)CCN1C(=O)NC1CCC(C)(C)C1. The molecule has 0 spiro atoms. The van der Waals surface area contributed by atoms with Crippen molar-refractivity contribution in [1.82, 2.24) is 10.2 Å². The number of urea groups is 1. The monoisotopic (exact) mass is 282 g/mol. The van der Waals surface area contributed by atoms with Crippen LogP contribution in [0.1, 0.15) is 52.9 Å². The van der Waals surface area contributed by atoms with Crippen LogP contribution in [0, 0.1) is 11.3 Å². The molecule has 5 nitrogen and oxygen atoms in total. The molecule has 3 unspecified atom stereocenters. The first kappa shape index (κ1) is 15.1. The first-order valence-corrected chi connectivity index (χ1v) is 7.58. The van der Waals surface area contributed by atoms with Crippen LogP contribution in [0.25, 0.3) is 0 Å². The lowest BCUT2D eigenvalue weighted by molar-refractivity contribution is -0.143. The van der Waals surface area contributed by atoms with Crippen molar-refractivity contribution in [3.05, 3.63) is 0 Å². The van der Waals surface area contributed by atoms with Crippen molar-refractivity contribution in [2.75, 3.05) is 6.54 Å². The molecule has 0 aromatic rings. The van der Waals surface area contributed by atoms with E-state index in [2.05, 4.69) is 19.2 Å². The number of carbonyl (C=O) groups is 2. The van der Waals surface area contributed by atoms with E-state index >= 15 is 0 Å². The predicted octanol–water partition coefficient (Wildman–Crippen LogP) is 2.46. The van der Waals surface area contributed by atoms with E-state index in [9.17, 15) is 9.59 Å². The second kappa shape index (κ2) is 5.62. The van der Waals surface area contributed by atoms with Gasteiger partial charge in [-0.25, -0.2) is 4.79 Å². The lowest BCUT2D eigenvalue weighted by Crippen LogP contribution is -2.52. The van der Waals surface area contributed by atoms with Crippen LogP contribution in [0.5, 0.6) is 0 Å². The molecule has 0 aromatic heterocycles. The van der Waals surface area contributed by atoms with Crippen molar-refractivity contribution < 1.29 is 14.7 Å². The van der Waals surface area contributed by atoms with Crippen LogP contribution in [0.15, 0.2) is 0 Å². The summed E-state index contributed by atoms with van der Waals surface area (Å²) in [4.78, 5) is 25.1. The maximum absolute atomic E-state index is 12.3. The Hall–Kier alpha value is -1.26. The molecule has 1 aliphatic heterocycles. The quantitative estimate of drug-likeness (QED) is 0.817. The van der Waals surface area contributed by atoms with E-state index in [0.29, 0.717) is 24.8 Å². The maximum Gasteiger partial charge on any atom is 0.317 e. The second-order valence-corrected chi connectivity index (χ2v) is 7.16. The molecule has 0 radical (unpaired) electrons. The van der Waals surface area contributed by atoms with Gasteiger partial charge in [0.25, 0.3) is 0 Å². The van der Waals surface area contributed by atoms with Crippen molar-refractivity contribution in [3.8, 4) is 0 Å². The van der Waals surface area contributed by atoms with Crippen molar-refractivity contribution in [2.24, 2.45) is 11.3 Å². The molecule has 0 bridgehead atoms. The topological polar surface area (TPSA) is 69.6 Å². The Morgan fingerprint density at radius 2 is 2.00 bits per heavy atom. The van der Waals surface area contributed by atoms with Crippen LogP contribution in [-0.2, 0) is 4.79 Å². The van der Waals surface area contributed by atoms with E-state index in [1.165, 1.54) is 0 Å². The summed E-state index contributed by atoms with van der Waals surface area (Å²) in [6, 6.07) is 0.241. The highest BCUT2D eigenvalue weighted by Gasteiger charge is 2.35. The van der Waals surface area contributed by atoms with Gasteiger partial charge in [0.05, 0.1) is 5.92 Å². The zero-order valence-electron chi connectivity index (χ0n) is 12.7. The van der Waals surface area contributed by atoms with Gasteiger partial charge in [0.2, 0.25) is 0 Å². The van der Waals surface area contributed by atoms with Gasteiger partial charge in [0, 0.05) is 18.6 Å². The number of piperidine rings is 1. The zero-order chi connectivity index (χ0) is 14.9. The summed E-state index contributed by atoms with van der Waals surface area (Å²) in [7, 11) is 0. The van der Waals surface area contributed by atoms with Gasteiger partial charge < -0.3 is 15.3 Å². The van der Waals surface area contributed by atoms with Gasteiger partial charge in [-0.15, -0.1) is 0 Å². The number of rotatable bonds is 2. The van der Waals surface area contributed by atoms with Gasteiger partial charge in [-0.1, -0.05) is 13.8 Å². The van der Waals surface area contributed by atoms with Crippen LogP contribution in [-0.4, -0.2) is 40.6 Å². The van der Waals surface area contributed by atoms with E-state index in [-0.39, 0.29) is 24.0 Å². The molecular formula is C15H26N2O3. The Morgan fingerprint density at radius 3 is 2.50 bits per heavy atom. The minimum absolute atomic E-state index is 0.000682. The average molecular weight is 282 g/mol. The Kier molecular flexibility index (Phi) is 4.25. The van der Waals surface area contributed by atoms with Gasteiger partial charge in [0.1, 0.15) is 0 Å². The number of carboxylic acids is 1. The third-order valence-electron chi connectivity index (χ3n) is 4.78. The molecule has 114 valence electrons. The van der Waals surface area contributed by atoms with Gasteiger partial charge in [-0.05, 0) is 44.4 Å². The summed E-state index contributed by atoms with van der Waals surface area (Å²) in [5.41, 5.74) is 0.319. The number of hydrogen-bond donors (Lipinski definition) is 2. The molecule has 20 heavy (non-hydrogen) atoms. The number of amides is 2. The average Bonchev–Trinajstić information content (AvgIpc) is 2.68.